The molecule has 1 aromatic carbocycles. The van der Waals surface area contributed by atoms with E-state index in [9.17, 15) is 0 Å². The van der Waals surface area contributed by atoms with Gasteiger partial charge in [-0.15, -0.1) is 0 Å². The van der Waals surface area contributed by atoms with Crippen LogP contribution in [0, 0.1) is 13.8 Å². The SMILES string of the molecule is CCCCNC1CC(C)(C)Oc2cc(C)c(Cl)c(C)c21. The summed E-state index contributed by atoms with van der Waals surface area (Å²) in [4.78, 5) is 0. The maximum Gasteiger partial charge on any atom is 0.125 e. The van der Waals surface area contributed by atoms with Crippen LogP contribution in [0.25, 0.3) is 0 Å². The molecule has 2 rings (SSSR count). The first kappa shape index (κ1) is 15.7. The summed E-state index contributed by atoms with van der Waals surface area (Å²) in [7, 11) is 0. The Morgan fingerprint density at radius 3 is 2.75 bits per heavy atom. The van der Waals surface area contributed by atoms with Crippen LogP contribution in [0.3, 0.4) is 0 Å². The molecule has 3 heteroatoms. The normalized spacial score (nSPS) is 20.4. The third kappa shape index (κ3) is 3.12. The van der Waals surface area contributed by atoms with Crippen LogP contribution >= 0.6 is 11.6 Å². The van der Waals surface area contributed by atoms with Crippen LogP contribution in [0.4, 0.5) is 0 Å². The second-order valence-corrected chi connectivity index (χ2v) is 6.85. The number of halogens is 1. The van der Waals surface area contributed by atoms with E-state index in [1.165, 1.54) is 18.4 Å². The van der Waals surface area contributed by atoms with Gasteiger partial charge in [0.15, 0.2) is 0 Å². The van der Waals surface area contributed by atoms with Crippen LogP contribution in [-0.2, 0) is 0 Å². The lowest BCUT2D eigenvalue weighted by Crippen LogP contribution is -2.40. The predicted octanol–water partition coefficient (Wildman–Crippen LogP) is 4.95. The lowest BCUT2D eigenvalue weighted by molar-refractivity contribution is 0.0657. The minimum Gasteiger partial charge on any atom is -0.487 e. The maximum atomic E-state index is 6.43. The third-order valence-corrected chi connectivity index (χ3v) is 4.63. The Morgan fingerprint density at radius 1 is 1.40 bits per heavy atom. The Morgan fingerprint density at radius 2 is 2.10 bits per heavy atom. The van der Waals surface area contributed by atoms with E-state index in [2.05, 4.69) is 39.1 Å². The second-order valence-electron chi connectivity index (χ2n) is 6.47. The average molecular weight is 296 g/mol. The molecule has 0 aromatic heterocycles. The standard InChI is InChI=1S/C17H26ClNO/c1-6-7-8-19-13-10-17(4,5)20-14-9-11(2)16(18)12(3)15(13)14/h9,13,19H,6-8,10H2,1-5H3. The fourth-order valence-electron chi connectivity index (χ4n) is 3.01. The number of unbranched alkanes of at least 4 members (excludes halogenated alkanes) is 1. The summed E-state index contributed by atoms with van der Waals surface area (Å²) in [5.74, 6) is 0.995. The molecule has 0 fully saturated rings. The smallest absolute Gasteiger partial charge is 0.125 e. The van der Waals surface area contributed by atoms with Crippen molar-refractivity contribution in [2.45, 2.75) is 65.5 Å². The first-order chi connectivity index (χ1) is 9.35. The van der Waals surface area contributed by atoms with Crippen molar-refractivity contribution >= 4 is 11.6 Å². The fourth-order valence-corrected chi connectivity index (χ4v) is 3.17. The van der Waals surface area contributed by atoms with Gasteiger partial charge in [0.1, 0.15) is 11.4 Å². The lowest BCUT2D eigenvalue weighted by Gasteiger charge is -2.39. The van der Waals surface area contributed by atoms with Gasteiger partial charge in [0.2, 0.25) is 0 Å². The molecular weight excluding hydrogens is 270 g/mol. The largest absolute Gasteiger partial charge is 0.487 e. The third-order valence-electron chi connectivity index (χ3n) is 4.04. The summed E-state index contributed by atoms with van der Waals surface area (Å²) < 4.78 is 6.17. The van der Waals surface area contributed by atoms with Crippen LogP contribution in [0.15, 0.2) is 6.07 Å². The molecule has 2 nitrogen and oxygen atoms in total. The van der Waals surface area contributed by atoms with Crippen molar-refractivity contribution in [2.75, 3.05) is 6.54 Å². The molecule has 0 saturated carbocycles. The van der Waals surface area contributed by atoms with Crippen molar-refractivity contribution in [2.24, 2.45) is 0 Å². The first-order valence-corrected chi connectivity index (χ1v) is 7.95. The summed E-state index contributed by atoms with van der Waals surface area (Å²) in [6, 6.07) is 2.42. The number of fused-ring (bicyclic) bond motifs is 1. The maximum absolute atomic E-state index is 6.43. The molecule has 1 heterocycles. The Balaban J connectivity index is 2.38. The summed E-state index contributed by atoms with van der Waals surface area (Å²) >= 11 is 6.43. The van der Waals surface area contributed by atoms with Crippen molar-refractivity contribution in [3.05, 3.63) is 27.8 Å². The highest BCUT2D eigenvalue weighted by Gasteiger charge is 2.35. The fraction of sp³-hybridized carbons (Fsp3) is 0.647. The Labute approximate surface area is 127 Å². The summed E-state index contributed by atoms with van der Waals surface area (Å²) in [6.45, 7) is 11.7. The van der Waals surface area contributed by atoms with E-state index in [-0.39, 0.29) is 5.60 Å². The highest BCUT2D eigenvalue weighted by Crippen LogP contribution is 2.44. The van der Waals surface area contributed by atoms with Gasteiger partial charge in [-0.1, -0.05) is 24.9 Å². The molecule has 1 atom stereocenters. The molecular formula is C17H26ClNO. The molecule has 0 radical (unpaired) electrons. The zero-order valence-corrected chi connectivity index (χ0v) is 14.0. The highest BCUT2D eigenvalue weighted by atomic mass is 35.5. The average Bonchev–Trinajstić information content (AvgIpc) is 2.34. The van der Waals surface area contributed by atoms with E-state index in [0.29, 0.717) is 6.04 Å². The van der Waals surface area contributed by atoms with Gasteiger partial charge in [0.05, 0.1) is 0 Å². The minimum atomic E-state index is -0.135. The molecule has 0 aliphatic carbocycles. The lowest BCUT2D eigenvalue weighted by atomic mass is 9.86. The van der Waals surface area contributed by atoms with Crippen molar-refractivity contribution in [1.29, 1.82) is 0 Å². The molecule has 0 spiro atoms. The van der Waals surface area contributed by atoms with Crippen LogP contribution in [0.1, 0.15) is 62.8 Å². The molecule has 0 bridgehead atoms. The van der Waals surface area contributed by atoms with Gasteiger partial charge in [-0.05, 0) is 57.9 Å². The monoisotopic (exact) mass is 295 g/mol. The van der Waals surface area contributed by atoms with Gasteiger partial charge in [-0.3, -0.25) is 0 Å². The second kappa shape index (κ2) is 5.95. The van der Waals surface area contributed by atoms with Crippen LogP contribution < -0.4 is 10.1 Å². The van der Waals surface area contributed by atoms with E-state index < -0.39 is 0 Å². The Bertz CT molecular complexity index is 496. The molecule has 0 amide bonds. The van der Waals surface area contributed by atoms with E-state index >= 15 is 0 Å². The number of ether oxygens (including phenoxy) is 1. The molecule has 1 aromatic rings. The number of rotatable bonds is 4. The predicted molar refractivity (Wildman–Crippen MR) is 85.9 cm³/mol. The first-order valence-electron chi connectivity index (χ1n) is 7.57. The van der Waals surface area contributed by atoms with Crippen LogP contribution in [0.2, 0.25) is 5.02 Å². The molecule has 0 saturated heterocycles. The number of benzene rings is 1. The van der Waals surface area contributed by atoms with E-state index in [4.69, 9.17) is 16.3 Å². The van der Waals surface area contributed by atoms with E-state index in [1.54, 1.807) is 0 Å². The van der Waals surface area contributed by atoms with E-state index in [1.807, 2.05) is 6.92 Å². The molecule has 20 heavy (non-hydrogen) atoms. The molecule has 1 N–H and O–H groups in total. The van der Waals surface area contributed by atoms with Gasteiger partial charge in [-0.25, -0.2) is 0 Å². The minimum absolute atomic E-state index is 0.135. The number of hydrogen-bond donors (Lipinski definition) is 1. The molecule has 1 unspecified atom stereocenters. The summed E-state index contributed by atoms with van der Waals surface area (Å²) in [6.07, 6.45) is 3.38. The molecule has 1 aliphatic rings. The van der Waals surface area contributed by atoms with Gasteiger partial charge >= 0.3 is 0 Å². The topological polar surface area (TPSA) is 21.3 Å². The van der Waals surface area contributed by atoms with E-state index in [0.717, 1.165) is 34.9 Å². The summed E-state index contributed by atoms with van der Waals surface area (Å²) in [5.41, 5.74) is 3.36. The zero-order chi connectivity index (χ0) is 14.9. The summed E-state index contributed by atoms with van der Waals surface area (Å²) in [5, 5.41) is 4.55. The Kier molecular flexibility index (Phi) is 4.66. The van der Waals surface area contributed by atoms with Gasteiger partial charge in [0.25, 0.3) is 0 Å². The highest BCUT2D eigenvalue weighted by molar-refractivity contribution is 6.32. The molecule has 112 valence electrons. The number of hydrogen-bond acceptors (Lipinski definition) is 2. The number of nitrogens with one attached hydrogen (secondary N) is 1. The van der Waals surface area contributed by atoms with Crippen LogP contribution in [-0.4, -0.2) is 12.1 Å². The van der Waals surface area contributed by atoms with Gasteiger partial charge in [0, 0.05) is 23.0 Å². The molecule has 1 aliphatic heterocycles. The van der Waals surface area contributed by atoms with Crippen molar-refractivity contribution < 1.29 is 4.74 Å². The van der Waals surface area contributed by atoms with Crippen LogP contribution in [0.5, 0.6) is 5.75 Å². The van der Waals surface area contributed by atoms with Crippen molar-refractivity contribution in [3.63, 3.8) is 0 Å². The van der Waals surface area contributed by atoms with Gasteiger partial charge in [-0.2, -0.15) is 0 Å². The van der Waals surface area contributed by atoms with Gasteiger partial charge < -0.3 is 10.1 Å². The van der Waals surface area contributed by atoms with Crippen molar-refractivity contribution in [3.8, 4) is 5.75 Å². The zero-order valence-electron chi connectivity index (χ0n) is 13.3. The quantitative estimate of drug-likeness (QED) is 0.794. The number of aryl methyl sites for hydroxylation is 1. The Hall–Kier alpha value is -0.730. The van der Waals surface area contributed by atoms with Crippen molar-refractivity contribution in [1.82, 2.24) is 5.32 Å².